The van der Waals surface area contributed by atoms with Crippen LogP contribution in [0, 0.1) is 0 Å². The summed E-state index contributed by atoms with van der Waals surface area (Å²) in [5.41, 5.74) is 2.47. The minimum atomic E-state index is 0.271. The van der Waals surface area contributed by atoms with Crippen LogP contribution >= 0.6 is 22.9 Å². The second-order valence-corrected chi connectivity index (χ2v) is 11.7. The molecule has 7 rings (SSSR count). The van der Waals surface area contributed by atoms with Gasteiger partial charge in [-0.05, 0) is 49.2 Å². The Morgan fingerprint density at radius 1 is 0.935 bits per heavy atom. The number of anilines is 2. The summed E-state index contributed by atoms with van der Waals surface area (Å²) in [6, 6.07) is 15.8. The predicted molar refractivity (Wildman–Crippen MR) is 183 cm³/mol. The molecule has 1 saturated heterocycles. The van der Waals surface area contributed by atoms with Crippen LogP contribution in [0.2, 0.25) is 5.02 Å². The van der Waals surface area contributed by atoms with Crippen molar-refractivity contribution in [2.75, 3.05) is 37.5 Å². The molecule has 2 aromatic carbocycles. The van der Waals surface area contributed by atoms with Crippen molar-refractivity contribution in [1.29, 1.82) is 0 Å². The minimum absolute atomic E-state index is 0.271. The molecule has 11 nitrogen and oxygen atoms in total. The van der Waals surface area contributed by atoms with Crippen molar-refractivity contribution in [2.45, 2.75) is 39.8 Å². The first-order valence-electron chi connectivity index (χ1n) is 15.2. The van der Waals surface area contributed by atoms with Gasteiger partial charge in [0, 0.05) is 48.9 Å². The Morgan fingerprint density at radius 3 is 2.54 bits per heavy atom. The average Bonchev–Trinajstić information content (AvgIpc) is 3.88. The van der Waals surface area contributed by atoms with E-state index >= 15 is 0 Å². The summed E-state index contributed by atoms with van der Waals surface area (Å²) in [5, 5.41) is 15.7. The molecule has 1 aliphatic rings. The third-order valence-corrected chi connectivity index (χ3v) is 8.76. The number of nitrogens with zero attached hydrogens (tertiary/aromatic N) is 7. The first-order valence-corrected chi connectivity index (χ1v) is 16.4. The lowest BCUT2D eigenvalue weighted by molar-refractivity contribution is 0.305. The molecular formula is C33H35ClN8O3S. The molecule has 1 fully saturated rings. The number of hydrogen-bond donors (Lipinski definition) is 1. The third-order valence-electron chi connectivity index (χ3n) is 7.58. The van der Waals surface area contributed by atoms with Gasteiger partial charge >= 0.3 is 0 Å². The molecule has 0 radical (unpaired) electrons. The lowest BCUT2D eigenvalue weighted by Crippen LogP contribution is -2.18. The molecule has 46 heavy (non-hydrogen) atoms. The Morgan fingerprint density at radius 2 is 1.74 bits per heavy atom. The zero-order chi connectivity index (χ0) is 32.0. The smallest absolute Gasteiger partial charge is 0.218 e. The van der Waals surface area contributed by atoms with Gasteiger partial charge in [-0.25, -0.2) is 15.0 Å². The molecule has 0 bridgehead atoms. The van der Waals surface area contributed by atoms with Gasteiger partial charge in [-0.3, -0.25) is 4.57 Å². The van der Waals surface area contributed by atoms with E-state index in [0.717, 1.165) is 51.9 Å². The zero-order valence-corrected chi connectivity index (χ0v) is 27.7. The fourth-order valence-electron chi connectivity index (χ4n) is 5.32. The average molecular weight is 659 g/mol. The summed E-state index contributed by atoms with van der Waals surface area (Å²) < 4.78 is 18.8. The topological polar surface area (TPSA) is 112 Å². The second-order valence-electron chi connectivity index (χ2n) is 10.3. The normalized spacial score (nSPS) is 12.7. The van der Waals surface area contributed by atoms with Crippen molar-refractivity contribution in [1.82, 2.24) is 29.7 Å². The van der Waals surface area contributed by atoms with E-state index in [1.54, 1.807) is 20.4 Å². The summed E-state index contributed by atoms with van der Waals surface area (Å²) in [7, 11) is 3.25. The van der Waals surface area contributed by atoms with Crippen molar-refractivity contribution in [2.24, 2.45) is 0 Å². The van der Waals surface area contributed by atoms with Crippen LogP contribution in [-0.2, 0) is 13.2 Å². The molecule has 0 aliphatic carbocycles. The quantitative estimate of drug-likeness (QED) is 0.161. The number of fused-ring (bicyclic) bond motifs is 2. The molecule has 0 spiro atoms. The summed E-state index contributed by atoms with van der Waals surface area (Å²) >= 11 is 8.11. The number of halogens is 1. The van der Waals surface area contributed by atoms with Gasteiger partial charge < -0.3 is 24.4 Å². The number of nitrogens with one attached hydrogen (secondary N) is 1. The summed E-state index contributed by atoms with van der Waals surface area (Å²) in [5.74, 6) is 3.77. The molecule has 0 saturated carbocycles. The van der Waals surface area contributed by atoms with E-state index in [-0.39, 0.29) is 6.61 Å². The molecule has 13 heteroatoms. The molecule has 1 aliphatic heterocycles. The van der Waals surface area contributed by atoms with Crippen LogP contribution in [0.3, 0.4) is 0 Å². The van der Waals surface area contributed by atoms with Gasteiger partial charge in [0.2, 0.25) is 5.13 Å². The van der Waals surface area contributed by atoms with Crippen LogP contribution in [0.15, 0.2) is 61.1 Å². The number of pyridine rings is 1. The van der Waals surface area contributed by atoms with Crippen molar-refractivity contribution in [3.8, 4) is 22.4 Å². The highest BCUT2D eigenvalue weighted by molar-refractivity contribution is 7.13. The van der Waals surface area contributed by atoms with Gasteiger partial charge in [0.05, 0.1) is 30.1 Å². The van der Waals surface area contributed by atoms with Crippen LogP contribution in [0.1, 0.15) is 37.3 Å². The van der Waals surface area contributed by atoms with Crippen molar-refractivity contribution < 1.29 is 14.2 Å². The van der Waals surface area contributed by atoms with Gasteiger partial charge in [-0.1, -0.05) is 36.8 Å². The molecule has 238 valence electrons. The Labute approximate surface area is 276 Å². The fraction of sp³-hybridized carbons (Fsp3) is 0.303. The van der Waals surface area contributed by atoms with E-state index in [1.807, 2.05) is 54.8 Å². The number of ether oxygens (including phenoxy) is 3. The lowest BCUT2D eigenvalue weighted by atomic mass is 10.2. The number of aromatic nitrogens is 6. The standard InChI is InChI=1S/C31H29ClN8O3S.C2H6/c1-41-21-8-6-20(25(14-21)42-2)15-33-29-28-23(32)16-40(30(28)35-18-34-29)31-38-37-27(44-31)17-43-22-9-5-19-7-10-26(36-24(19)13-22)39-11-3-4-12-39;1-2/h5-10,13-14,16,18H,3-4,11-12,15,17H2,1-2H3,(H,33,34,35);1-2H3. The first kappa shape index (κ1) is 31.3. The molecule has 5 heterocycles. The van der Waals surface area contributed by atoms with E-state index in [0.29, 0.717) is 39.3 Å². The maximum atomic E-state index is 6.70. The number of hydrogen-bond acceptors (Lipinski definition) is 11. The van der Waals surface area contributed by atoms with E-state index in [4.69, 9.17) is 30.8 Å². The van der Waals surface area contributed by atoms with Crippen LogP contribution < -0.4 is 24.4 Å². The Balaban J connectivity index is 0.00000182. The molecule has 1 N–H and O–H groups in total. The van der Waals surface area contributed by atoms with E-state index < -0.39 is 0 Å². The highest BCUT2D eigenvalue weighted by atomic mass is 35.5. The van der Waals surface area contributed by atoms with Gasteiger partial charge in [0.25, 0.3) is 0 Å². The SMILES string of the molecule is CC.COc1ccc(CNc2ncnc3c2c(Cl)cn3-c2nnc(COc3ccc4ccc(N5CCCC5)nc4c3)s2)c(OC)c1. The number of methoxy groups -OCH3 is 2. The van der Waals surface area contributed by atoms with Crippen molar-refractivity contribution >= 4 is 56.5 Å². The maximum absolute atomic E-state index is 6.70. The van der Waals surface area contributed by atoms with Crippen LogP contribution in [-0.4, -0.2) is 57.0 Å². The summed E-state index contributed by atoms with van der Waals surface area (Å²) in [6.07, 6.45) is 5.70. The molecule has 6 aromatic rings. The van der Waals surface area contributed by atoms with Crippen molar-refractivity contribution in [3.63, 3.8) is 0 Å². The lowest BCUT2D eigenvalue weighted by Gasteiger charge is -2.16. The highest BCUT2D eigenvalue weighted by Crippen LogP contribution is 2.34. The Hall–Kier alpha value is -4.68. The van der Waals surface area contributed by atoms with Gasteiger partial charge in [-0.15, -0.1) is 10.2 Å². The number of benzene rings is 2. The van der Waals surface area contributed by atoms with Crippen molar-refractivity contribution in [3.05, 3.63) is 76.6 Å². The molecule has 0 amide bonds. The van der Waals surface area contributed by atoms with Gasteiger partial charge in [0.15, 0.2) is 10.7 Å². The third kappa shape index (κ3) is 6.49. The molecule has 4 aromatic heterocycles. The van der Waals surface area contributed by atoms with Crippen LogP contribution in [0.4, 0.5) is 11.6 Å². The van der Waals surface area contributed by atoms with Gasteiger partial charge in [0.1, 0.15) is 41.8 Å². The van der Waals surface area contributed by atoms with E-state index in [1.165, 1.54) is 30.5 Å². The van der Waals surface area contributed by atoms with Crippen LogP contribution in [0.25, 0.3) is 27.1 Å². The van der Waals surface area contributed by atoms with Gasteiger partial charge in [-0.2, -0.15) is 0 Å². The second kappa shape index (κ2) is 14.2. The summed E-state index contributed by atoms with van der Waals surface area (Å²) in [4.78, 5) is 16.2. The minimum Gasteiger partial charge on any atom is -0.497 e. The predicted octanol–water partition coefficient (Wildman–Crippen LogP) is 7.31. The monoisotopic (exact) mass is 658 g/mol. The first-order chi connectivity index (χ1) is 22.6. The summed E-state index contributed by atoms with van der Waals surface area (Å²) in [6.45, 7) is 6.84. The molecule has 0 unspecified atom stereocenters. The zero-order valence-electron chi connectivity index (χ0n) is 26.2. The van der Waals surface area contributed by atoms with E-state index in [9.17, 15) is 0 Å². The molecule has 0 atom stereocenters. The Bertz CT molecular complexity index is 1960. The highest BCUT2D eigenvalue weighted by Gasteiger charge is 2.19. The largest absolute Gasteiger partial charge is 0.497 e. The number of rotatable bonds is 10. The van der Waals surface area contributed by atoms with E-state index in [2.05, 4.69) is 42.5 Å². The maximum Gasteiger partial charge on any atom is 0.218 e. The van der Waals surface area contributed by atoms with Crippen LogP contribution in [0.5, 0.6) is 17.2 Å². The Kier molecular flexibility index (Phi) is 9.65. The fourth-order valence-corrected chi connectivity index (χ4v) is 6.32. The molecular weight excluding hydrogens is 624 g/mol.